The molecule has 4 N–H and O–H groups in total. The molecular weight excluding hydrogens is 372 g/mol. The lowest BCUT2D eigenvalue weighted by molar-refractivity contribution is -0.149. The Morgan fingerprint density at radius 2 is 1.92 bits per heavy atom. The molecule has 8 nitrogen and oxygen atoms in total. The minimum atomic E-state index is -4.12. The Kier molecular flexibility index (Phi) is 7.21. The maximum Gasteiger partial charge on any atom is 0.310 e. The van der Waals surface area contributed by atoms with Crippen LogP contribution in [0, 0.1) is 5.41 Å². The number of ether oxygens (including phenoxy) is 1. The third kappa shape index (κ3) is 5.32. The van der Waals surface area contributed by atoms with Crippen LogP contribution in [0.15, 0.2) is 23.1 Å². The molecule has 0 aliphatic rings. The van der Waals surface area contributed by atoms with Gasteiger partial charge in [-0.3, -0.25) is 9.59 Å². The number of amides is 1. The van der Waals surface area contributed by atoms with Gasteiger partial charge in [0.2, 0.25) is 10.0 Å². The zero-order valence-corrected chi connectivity index (χ0v) is 15.5. The summed E-state index contributed by atoms with van der Waals surface area (Å²) < 4.78 is 32.6. The number of halogens is 1. The topological polar surface area (TPSA) is 136 Å². The summed E-state index contributed by atoms with van der Waals surface area (Å²) in [6.07, 6.45) is 0.504. The molecule has 0 radical (unpaired) electrons. The first-order chi connectivity index (χ1) is 11.6. The number of nitrogens with two attached hydrogens (primary N) is 1. The lowest BCUT2D eigenvalue weighted by Crippen LogP contribution is -2.42. The van der Waals surface area contributed by atoms with Crippen molar-refractivity contribution in [3.05, 3.63) is 23.2 Å². The monoisotopic (exact) mass is 392 g/mol. The van der Waals surface area contributed by atoms with Gasteiger partial charge in [-0.15, -0.1) is 0 Å². The minimum Gasteiger partial charge on any atom is -0.482 e. The van der Waals surface area contributed by atoms with Gasteiger partial charge in [0.05, 0.1) is 5.41 Å². The highest BCUT2D eigenvalue weighted by Gasteiger charge is 2.36. The number of rotatable bonds is 10. The van der Waals surface area contributed by atoms with Crippen LogP contribution < -0.4 is 15.2 Å². The van der Waals surface area contributed by atoms with Crippen molar-refractivity contribution in [2.24, 2.45) is 11.1 Å². The van der Waals surface area contributed by atoms with Gasteiger partial charge in [-0.05, 0) is 31.0 Å². The van der Waals surface area contributed by atoms with E-state index in [1.807, 2.05) is 0 Å². The Balaban J connectivity index is 3.15. The second-order valence-electron chi connectivity index (χ2n) is 5.46. The Morgan fingerprint density at radius 1 is 1.32 bits per heavy atom. The Morgan fingerprint density at radius 3 is 2.40 bits per heavy atom. The van der Waals surface area contributed by atoms with Crippen molar-refractivity contribution in [1.82, 2.24) is 4.72 Å². The van der Waals surface area contributed by atoms with E-state index in [1.54, 1.807) is 13.8 Å². The number of hydrogen-bond donors (Lipinski definition) is 3. The summed E-state index contributed by atoms with van der Waals surface area (Å²) in [5, 5.41) is 9.54. The maximum atomic E-state index is 12.6. The summed E-state index contributed by atoms with van der Waals surface area (Å²) in [6.45, 7) is 2.55. The maximum absolute atomic E-state index is 12.6. The van der Waals surface area contributed by atoms with Crippen LogP contribution in [0.5, 0.6) is 5.75 Å². The first kappa shape index (κ1) is 21.2. The highest BCUT2D eigenvalue weighted by molar-refractivity contribution is 7.89. The van der Waals surface area contributed by atoms with Crippen LogP contribution in [0.1, 0.15) is 26.7 Å². The molecular formula is C15H21ClN2O6S. The standard InChI is InChI=1S/C15H21ClN2O6S/c1-3-15(4-2,14(20)21)9-18-25(22,23)12-7-10(16)5-6-11(12)24-8-13(17)19/h5-7,18H,3-4,8-9H2,1-2H3,(H2,17,19)(H,20,21). The van der Waals surface area contributed by atoms with Crippen molar-refractivity contribution in [2.75, 3.05) is 13.2 Å². The van der Waals surface area contributed by atoms with E-state index in [2.05, 4.69) is 4.72 Å². The van der Waals surface area contributed by atoms with Gasteiger partial charge in [-0.1, -0.05) is 25.4 Å². The summed E-state index contributed by atoms with van der Waals surface area (Å²) in [5.41, 5.74) is 3.77. The van der Waals surface area contributed by atoms with Crippen molar-refractivity contribution in [3.8, 4) is 5.75 Å². The van der Waals surface area contributed by atoms with Gasteiger partial charge in [0.15, 0.2) is 6.61 Å². The molecule has 0 fully saturated rings. The Hall–Kier alpha value is -1.84. The minimum absolute atomic E-state index is 0.107. The van der Waals surface area contributed by atoms with Crippen molar-refractivity contribution in [3.63, 3.8) is 0 Å². The smallest absolute Gasteiger partial charge is 0.310 e. The Labute approximate surface area is 151 Å². The van der Waals surface area contributed by atoms with Gasteiger partial charge in [0, 0.05) is 11.6 Å². The van der Waals surface area contributed by atoms with E-state index in [0.29, 0.717) is 0 Å². The van der Waals surface area contributed by atoms with Gasteiger partial charge in [-0.25, -0.2) is 13.1 Å². The number of carboxylic acids is 1. The molecule has 1 aromatic rings. The van der Waals surface area contributed by atoms with Crippen LogP contribution in [0.3, 0.4) is 0 Å². The average Bonchev–Trinajstić information content (AvgIpc) is 2.54. The summed E-state index contributed by atoms with van der Waals surface area (Å²) in [4.78, 5) is 22.1. The number of carbonyl (C=O) groups is 2. The van der Waals surface area contributed by atoms with E-state index < -0.39 is 33.9 Å². The fourth-order valence-corrected chi connectivity index (χ4v) is 3.68. The largest absolute Gasteiger partial charge is 0.482 e. The fourth-order valence-electron chi connectivity index (χ4n) is 2.15. The van der Waals surface area contributed by atoms with E-state index in [1.165, 1.54) is 12.1 Å². The van der Waals surface area contributed by atoms with E-state index in [9.17, 15) is 23.1 Å². The van der Waals surface area contributed by atoms with Gasteiger partial charge in [0.25, 0.3) is 5.91 Å². The van der Waals surface area contributed by atoms with Crippen LogP contribution >= 0.6 is 11.6 Å². The SMILES string of the molecule is CCC(CC)(CNS(=O)(=O)c1cc(Cl)ccc1OCC(N)=O)C(=O)O. The molecule has 0 atom stereocenters. The van der Waals surface area contributed by atoms with Gasteiger partial charge >= 0.3 is 5.97 Å². The summed E-state index contributed by atoms with van der Waals surface area (Å²) in [6, 6.07) is 3.85. The Bertz CT molecular complexity index is 746. The lowest BCUT2D eigenvalue weighted by Gasteiger charge is -2.27. The first-order valence-corrected chi connectivity index (χ1v) is 9.38. The number of nitrogens with one attached hydrogen (secondary N) is 1. The zero-order chi connectivity index (χ0) is 19.3. The van der Waals surface area contributed by atoms with Crippen molar-refractivity contribution in [2.45, 2.75) is 31.6 Å². The van der Waals surface area contributed by atoms with Gasteiger partial charge in [0.1, 0.15) is 10.6 Å². The van der Waals surface area contributed by atoms with E-state index in [4.69, 9.17) is 22.1 Å². The predicted molar refractivity (Wildman–Crippen MR) is 92.0 cm³/mol. The van der Waals surface area contributed by atoms with E-state index in [0.717, 1.165) is 6.07 Å². The number of hydrogen-bond acceptors (Lipinski definition) is 5. The average molecular weight is 393 g/mol. The summed E-state index contributed by atoms with van der Waals surface area (Å²) in [5.74, 6) is -1.96. The fraction of sp³-hybridized carbons (Fsp3) is 0.467. The zero-order valence-electron chi connectivity index (χ0n) is 13.9. The van der Waals surface area contributed by atoms with Crippen LogP contribution in [-0.4, -0.2) is 38.6 Å². The second-order valence-corrected chi connectivity index (χ2v) is 7.63. The van der Waals surface area contributed by atoms with E-state index in [-0.39, 0.29) is 35.1 Å². The molecule has 1 rings (SSSR count). The molecule has 140 valence electrons. The predicted octanol–water partition coefficient (Wildman–Crippen LogP) is 1.37. The van der Waals surface area contributed by atoms with Gasteiger partial charge < -0.3 is 15.6 Å². The molecule has 1 amide bonds. The van der Waals surface area contributed by atoms with Crippen LogP contribution in [-0.2, 0) is 19.6 Å². The highest BCUT2D eigenvalue weighted by atomic mass is 35.5. The first-order valence-electron chi connectivity index (χ1n) is 7.51. The van der Waals surface area contributed by atoms with Crippen molar-refractivity contribution < 1.29 is 27.9 Å². The molecule has 0 aliphatic carbocycles. The number of carbonyl (C=O) groups excluding carboxylic acids is 1. The molecule has 0 bridgehead atoms. The highest BCUT2D eigenvalue weighted by Crippen LogP contribution is 2.30. The molecule has 0 aliphatic heterocycles. The van der Waals surface area contributed by atoms with Crippen LogP contribution in [0.2, 0.25) is 5.02 Å². The van der Waals surface area contributed by atoms with Gasteiger partial charge in [-0.2, -0.15) is 0 Å². The number of carboxylic acid groups (broad SMARTS) is 1. The molecule has 0 aromatic heterocycles. The molecule has 0 heterocycles. The molecule has 0 saturated carbocycles. The summed E-state index contributed by atoms with van der Waals surface area (Å²) >= 11 is 5.85. The quantitative estimate of drug-likeness (QED) is 0.550. The normalized spacial score (nSPS) is 12.0. The number of sulfonamides is 1. The number of primary amides is 1. The third-order valence-corrected chi connectivity index (χ3v) is 5.63. The molecule has 0 spiro atoms. The molecule has 0 saturated heterocycles. The number of benzene rings is 1. The molecule has 1 aromatic carbocycles. The van der Waals surface area contributed by atoms with E-state index >= 15 is 0 Å². The van der Waals surface area contributed by atoms with Crippen molar-refractivity contribution >= 4 is 33.5 Å². The lowest BCUT2D eigenvalue weighted by atomic mass is 9.83. The summed E-state index contributed by atoms with van der Waals surface area (Å²) in [7, 11) is -4.12. The molecule has 10 heteroatoms. The van der Waals surface area contributed by atoms with Crippen LogP contribution in [0.4, 0.5) is 0 Å². The number of aliphatic carboxylic acids is 1. The molecule has 0 unspecified atom stereocenters. The molecule has 25 heavy (non-hydrogen) atoms. The second kappa shape index (κ2) is 8.50. The van der Waals surface area contributed by atoms with Crippen molar-refractivity contribution in [1.29, 1.82) is 0 Å². The van der Waals surface area contributed by atoms with Crippen LogP contribution in [0.25, 0.3) is 0 Å². The third-order valence-electron chi connectivity index (χ3n) is 3.97.